The maximum atomic E-state index is 12.4. The molecule has 9 heteroatoms. The molecule has 9 nitrogen and oxygen atoms in total. The highest BCUT2D eigenvalue weighted by molar-refractivity contribution is 5.90. The summed E-state index contributed by atoms with van der Waals surface area (Å²) in [5.41, 5.74) is 4.64. The topological polar surface area (TPSA) is 112 Å². The van der Waals surface area contributed by atoms with Crippen molar-refractivity contribution in [1.82, 2.24) is 9.80 Å². The summed E-state index contributed by atoms with van der Waals surface area (Å²) in [7, 11) is 0. The van der Waals surface area contributed by atoms with E-state index in [0.29, 0.717) is 12.1 Å². The van der Waals surface area contributed by atoms with Crippen molar-refractivity contribution in [2.24, 2.45) is 0 Å². The van der Waals surface area contributed by atoms with Crippen LogP contribution in [0.4, 0.5) is 5.69 Å². The summed E-state index contributed by atoms with van der Waals surface area (Å²) in [4.78, 5) is 28.1. The van der Waals surface area contributed by atoms with Crippen LogP contribution in [0, 0.1) is 0 Å². The second-order valence-electron chi connectivity index (χ2n) is 11.3. The van der Waals surface area contributed by atoms with Crippen LogP contribution in [0.2, 0.25) is 0 Å². The third kappa shape index (κ3) is 9.19. The minimum absolute atomic E-state index is 0.00870. The number of nitrogens with one attached hydrogen (secondary N) is 1. The molecule has 2 fully saturated rings. The van der Waals surface area contributed by atoms with E-state index in [2.05, 4.69) is 39.4 Å². The van der Waals surface area contributed by atoms with Gasteiger partial charge in [0, 0.05) is 69.8 Å². The standard InChI is InChI=1S/C34H41N3O6/c38-24-26-12-14-27(15-13-26)31-21-30(23-37-18-16-36(17-19-37)22-25-6-2-1-3-7-25)42-34(43-31)28-8-4-9-29(20-28)35-32(39)10-5-11-33(40)41/h1-4,6-9,12-15,20,30-31,34,38H,5,10-11,16-19,21-24H2,(H,35,39)(H,40,41)/t30-,31+,34+/m1/s1. The summed E-state index contributed by atoms with van der Waals surface area (Å²) in [6.45, 7) is 5.69. The highest BCUT2D eigenvalue weighted by Crippen LogP contribution is 2.38. The molecular formula is C34H41N3O6. The molecule has 0 aliphatic carbocycles. The van der Waals surface area contributed by atoms with Gasteiger partial charge in [0.05, 0.1) is 18.8 Å². The molecule has 5 rings (SSSR count). The number of piperazine rings is 1. The summed E-state index contributed by atoms with van der Waals surface area (Å²) >= 11 is 0. The number of carbonyl (C=O) groups is 2. The quantitative estimate of drug-likeness (QED) is 0.279. The summed E-state index contributed by atoms with van der Waals surface area (Å²) in [6.07, 6.45) is 0.222. The van der Waals surface area contributed by atoms with Gasteiger partial charge in [-0.25, -0.2) is 0 Å². The molecule has 0 saturated carbocycles. The van der Waals surface area contributed by atoms with Crippen LogP contribution in [0.25, 0.3) is 0 Å². The fraction of sp³-hybridized carbons (Fsp3) is 0.412. The van der Waals surface area contributed by atoms with Crippen LogP contribution in [-0.4, -0.2) is 70.7 Å². The van der Waals surface area contributed by atoms with E-state index in [4.69, 9.17) is 14.6 Å². The first kappa shape index (κ1) is 30.8. The molecule has 1 amide bonds. The lowest BCUT2D eigenvalue weighted by atomic mass is 9.99. The lowest BCUT2D eigenvalue weighted by Crippen LogP contribution is -2.49. The number of aliphatic carboxylic acids is 1. The smallest absolute Gasteiger partial charge is 0.303 e. The number of carboxylic acid groups (broad SMARTS) is 1. The average Bonchev–Trinajstić information content (AvgIpc) is 3.02. The summed E-state index contributed by atoms with van der Waals surface area (Å²) in [5.74, 6) is -1.14. The Labute approximate surface area is 253 Å². The molecule has 3 atom stereocenters. The van der Waals surface area contributed by atoms with Crippen LogP contribution in [0.15, 0.2) is 78.9 Å². The zero-order valence-electron chi connectivity index (χ0n) is 24.4. The SMILES string of the molecule is O=C(O)CCCC(=O)Nc1cccc([C@H]2O[C@@H](CN3CCN(Cc4ccccc4)CC3)C[C@@H](c3ccc(CO)cc3)O2)c1. The molecule has 2 aliphatic heterocycles. The number of carbonyl (C=O) groups excluding carboxylic acids is 1. The number of anilines is 1. The van der Waals surface area contributed by atoms with Gasteiger partial charge < -0.3 is 25.0 Å². The van der Waals surface area contributed by atoms with E-state index in [-0.39, 0.29) is 44.0 Å². The molecule has 2 saturated heterocycles. The second kappa shape index (κ2) is 15.2. The van der Waals surface area contributed by atoms with Gasteiger partial charge in [0.1, 0.15) is 0 Å². The highest BCUT2D eigenvalue weighted by atomic mass is 16.7. The zero-order chi connectivity index (χ0) is 30.0. The Hall–Kier alpha value is -3.60. The van der Waals surface area contributed by atoms with Gasteiger partial charge in [0.25, 0.3) is 0 Å². The number of benzene rings is 3. The number of aliphatic hydroxyl groups excluding tert-OH is 1. The van der Waals surface area contributed by atoms with E-state index in [1.54, 1.807) is 6.07 Å². The van der Waals surface area contributed by atoms with Crippen LogP contribution in [0.1, 0.15) is 60.3 Å². The first-order valence-corrected chi connectivity index (χ1v) is 15.1. The molecular weight excluding hydrogens is 546 g/mol. The van der Waals surface area contributed by atoms with E-state index < -0.39 is 12.3 Å². The lowest BCUT2D eigenvalue weighted by Gasteiger charge is -2.41. The van der Waals surface area contributed by atoms with Crippen molar-refractivity contribution < 1.29 is 29.3 Å². The van der Waals surface area contributed by atoms with Gasteiger partial charge in [-0.1, -0.05) is 66.7 Å². The molecule has 3 aromatic rings. The summed E-state index contributed by atoms with van der Waals surface area (Å²) < 4.78 is 13.0. The van der Waals surface area contributed by atoms with E-state index in [1.807, 2.05) is 48.5 Å². The van der Waals surface area contributed by atoms with Gasteiger partial charge in [-0.3, -0.25) is 19.4 Å². The number of nitrogens with zero attached hydrogens (tertiary/aromatic N) is 2. The third-order valence-corrected chi connectivity index (χ3v) is 8.03. The molecule has 43 heavy (non-hydrogen) atoms. The Kier molecular flexibility index (Phi) is 10.9. The van der Waals surface area contributed by atoms with E-state index in [0.717, 1.165) is 56.0 Å². The fourth-order valence-electron chi connectivity index (χ4n) is 5.68. The molecule has 0 radical (unpaired) electrons. The van der Waals surface area contributed by atoms with Gasteiger partial charge in [0.15, 0.2) is 6.29 Å². The molecule has 0 spiro atoms. The molecule has 3 N–H and O–H groups in total. The Morgan fingerprint density at radius 2 is 1.56 bits per heavy atom. The minimum atomic E-state index is -0.912. The maximum Gasteiger partial charge on any atom is 0.303 e. The first-order chi connectivity index (χ1) is 20.9. The Morgan fingerprint density at radius 1 is 0.814 bits per heavy atom. The molecule has 0 aromatic heterocycles. The number of rotatable bonds is 12. The van der Waals surface area contributed by atoms with Crippen molar-refractivity contribution in [3.8, 4) is 0 Å². The predicted molar refractivity (Wildman–Crippen MR) is 163 cm³/mol. The van der Waals surface area contributed by atoms with Crippen molar-refractivity contribution >= 4 is 17.6 Å². The van der Waals surface area contributed by atoms with Crippen LogP contribution in [0.3, 0.4) is 0 Å². The Bertz CT molecular complexity index is 1330. The molecule has 2 aliphatic rings. The molecule has 3 aromatic carbocycles. The van der Waals surface area contributed by atoms with Crippen LogP contribution >= 0.6 is 0 Å². The second-order valence-corrected chi connectivity index (χ2v) is 11.3. The molecule has 0 bridgehead atoms. The number of ether oxygens (including phenoxy) is 2. The van der Waals surface area contributed by atoms with Gasteiger partial charge in [-0.15, -0.1) is 0 Å². The van der Waals surface area contributed by atoms with Crippen molar-refractivity contribution in [3.05, 3.63) is 101 Å². The number of carboxylic acids is 1. The third-order valence-electron chi connectivity index (χ3n) is 8.03. The molecule has 228 valence electrons. The first-order valence-electron chi connectivity index (χ1n) is 15.1. The van der Waals surface area contributed by atoms with Crippen molar-refractivity contribution in [3.63, 3.8) is 0 Å². The predicted octanol–water partition coefficient (Wildman–Crippen LogP) is 4.74. The summed E-state index contributed by atoms with van der Waals surface area (Å²) in [5, 5.41) is 21.2. The largest absolute Gasteiger partial charge is 0.481 e. The van der Waals surface area contributed by atoms with Crippen molar-refractivity contribution in [2.45, 2.75) is 57.3 Å². The number of amides is 1. The van der Waals surface area contributed by atoms with E-state index >= 15 is 0 Å². The maximum absolute atomic E-state index is 12.4. The lowest BCUT2D eigenvalue weighted by molar-refractivity contribution is -0.253. The van der Waals surface area contributed by atoms with Crippen molar-refractivity contribution in [1.29, 1.82) is 0 Å². The van der Waals surface area contributed by atoms with Gasteiger partial charge in [0.2, 0.25) is 5.91 Å². The average molecular weight is 588 g/mol. The van der Waals surface area contributed by atoms with Gasteiger partial charge in [-0.2, -0.15) is 0 Å². The van der Waals surface area contributed by atoms with Crippen LogP contribution in [-0.2, 0) is 32.2 Å². The number of aliphatic hydroxyl groups is 1. The molecule has 2 heterocycles. The Balaban J connectivity index is 1.24. The van der Waals surface area contributed by atoms with Crippen LogP contribution in [0.5, 0.6) is 0 Å². The fourth-order valence-corrected chi connectivity index (χ4v) is 5.68. The monoisotopic (exact) mass is 587 g/mol. The van der Waals surface area contributed by atoms with Crippen molar-refractivity contribution in [2.75, 3.05) is 38.0 Å². The van der Waals surface area contributed by atoms with Gasteiger partial charge >= 0.3 is 5.97 Å². The number of hydrogen-bond acceptors (Lipinski definition) is 7. The van der Waals surface area contributed by atoms with Gasteiger partial charge in [-0.05, 0) is 35.2 Å². The summed E-state index contributed by atoms with van der Waals surface area (Å²) in [6, 6.07) is 25.9. The number of hydrogen-bond donors (Lipinski definition) is 3. The zero-order valence-corrected chi connectivity index (χ0v) is 24.4. The normalized spacial score (nSPS) is 21.4. The minimum Gasteiger partial charge on any atom is -0.481 e. The van der Waals surface area contributed by atoms with E-state index in [9.17, 15) is 14.7 Å². The Morgan fingerprint density at radius 3 is 2.28 bits per heavy atom. The molecule has 0 unspecified atom stereocenters. The highest BCUT2D eigenvalue weighted by Gasteiger charge is 2.34. The van der Waals surface area contributed by atoms with Crippen LogP contribution < -0.4 is 5.32 Å². The van der Waals surface area contributed by atoms with E-state index in [1.165, 1.54) is 5.56 Å².